The Balaban J connectivity index is 1.41. The van der Waals surface area contributed by atoms with Crippen LogP contribution in [0.2, 0.25) is 0 Å². The molecule has 3 rings (SSSR count). The minimum atomic E-state index is -0.242. The van der Waals surface area contributed by atoms with Crippen LogP contribution in [0.1, 0.15) is 48.7 Å². The third kappa shape index (κ3) is 8.37. The van der Waals surface area contributed by atoms with E-state index in [4.69, 9.17) is 9.15 Å². The van der Waals surface area contributed by atoms with Gasteiger partial charge in [-0.25, -0.2) is 0 Å². The van der Waals surface area contributed by atoms with Crippen LogP contribution >= 0.6 is 0 Å². The molecule has 2 aromatic carbocycles. The fourth-order valence-electron chi connectivity index (χ4n) is 3.20. The number of benzene rings is 2. The molecule has 0 bridgehead atoms. The van der Waals surface area contributed by atoms with Crippen LogP contribution in [0.15, 0.2) is 71.3 Å². The second-order valence-electron chi connectivity index (χ2n) is 7.68. The minimum absolute atomic E-state index is 0.103. The summed E-state index contributed by atoms with van der Waals surface area (Å²) in [5.41, 5.74) is 1.84. The third-order valence-electron chi connectivity index (χ3n) is 4.99. The average molecular weight is 450 g/mol. The predicted molar refractivity (Wildman–Crippen MR) is 130 cm³/mol. The Morgan fingerprint density at radius 2 is 1.79 bits per heavy atom. The summed E-state index contributed by atoms with van der Waals surface area (Å²) in [6.45, 7) is 3.31. The number of amides is 2. The second kappa shape index (κ2) is 13.0. The van der Waals surface area contributed by atoms with Crippen molar-refractivity contribution in [3.8, 4) is 5.75 Å². The van der Waals surface area contributed by atoms with Crippen LogP contribution in [0, 0.1) is 0 Å². The summed E-state index contributed by atoms with van der Waals surface area (Å²) in [6.07, 6.45) is 6.24. The van der Waals surface area contributed by atoms with E-state index in [-0.39, 0.29) is 18.4 Å². The van der Waals surface area contributed by atoms with Gasteiger partial charge in [0.2, 0.25) is 5.91 Å². The van der Waals surface area contributed by atoms with Crippen LogP contribution < -0.4 is 20.7 Å². The zero-order valence-corrected chi connectivity index (χ0v) is 18.9. The number of anilines is 2. The molecule has 0 atom stereocenters. The van der Waals surface area contributed by atoms with Crippen molar-refractivity contribution >= 4 is 23.2 Å². The SMILES string of the molecule is CCCCCCOc1ccc(NCC(=O)Nc2cccc(C(=O)NCc3ccco3)c2)cc1. The molecular weight excluding hydrogens is 418 g/mol. The van der Waals surface area contributed by atoms with Gasteiger partial charge in [0, 0.05) is 16.9 Å². The van der Waals surface area contributed by atoms with Gasteiger partial charge in [-0.1, -0.05) is 32.3 Å². The van der Waals surface area contributed by atoms with E-state index in [9.17, 15) is 9.59 Å². The standard InChI is InChI=1S/C26H31N3O4/c1-2-3-4-5-15-32-23-13-11-21(12-14-23)27-19-25(30)29-22-9-6-8-20(17-22)26(31)28-18-24-10-7-16-33-24/h6-14,16-17,27H,2-5,15,18-19H2,1H3,(H,28,31)(H,29,30). The van der Waals surface area contributed by atoms with Crippen molar-refractivity contribution in [3.63, 3.8) is 0 Å². The summed E-state index contributed by atoms with van der Waals surface area (Å²) < 4.78 is 10.9. The maximum atomic E-state index is 12.3. The molecule has 0 spiro atoms. The highest BCUT2D eigenvalue weighted by atomic mass is 16.5. The van der Waals surface area contributed by atoms with Crippen molar-refractivity contribution in [1.82, 2.24) is 5.32 Å². The lowest BCUT2D eigenvalue weighted by molar-refractivity contribution is -0.114. The van der Waals surface area contributed by atoms with Gasteiger partial charge in [0.05, 0.1) is 26.0 Å². The van der Waals surface area contributed by atoms with Gasteiger partial charge in [0.1, 0.15) is 11.5 Å². The van der Waals surface area contributed by atoms with E-state index >= 15 is 0 Å². The average Bonchev–Trinajstić information content (AvgIpc) is 3.36. The smallest absolute Gasteiger partial charge is 0.251 e. The van der Waals surface area contributed by atoms with Gasteiger partial charge in [0.15, 0.2) is 0 Å². The summed E-state index contributed by atoms with van der Waals surface area (Å²) in [7, 11) is 0. The molecular formula is C26H31N3O4. The second-order valence-corrected chi connectivity index (χ2v) is 7.68. The molecule has 7 nitrogen and oxygen atoms in total. The normalized spacial score (nSPS) is 10.5. The van der Waals surface area contributed by atoms with Gasteiger partial charge in [-0.3, -0.25) is 9.59 Å². The number of rotatable bonds is 13. The van der Waals surface area contributed by atoms with Crippen molar-refractivity contribution in [3.05, 3.63) is 78.3 Å². The molecule has 0 fully saturated rings. The molecule has 174 valence electrons. The molecule has 0 aliphatic heterocycles. The number of hydrogen-bond donors (Lipinski definition) is 3. The molecule has 1 heterocycles. The lowest BCUT2D eigenvalue weighted by Crippen LogP contribution is -2.24. The predicted octanol–water partition coefficient (Wildman–Crippen LogP) is 5.22. The van der Waals surface area contributed by atoms with Gasteiger partial charge in [-0.15, -0.1) is 0 Å². The van der Waals surface area contributed by atoms with Crippen LogP contribution in [-0.4, -0.2) is 25.0 Å². The summed E-state index contributed by atoms with van der Waals surface area (Å²) in [5, 5.41) is 8.69. The first kappa shape index (κ1) is 23.9. The highest BCUT2D eigenvalue weighted by molar-refractivity contribution is 5.98. The molecule has 0 radical (unpaired) electrons. The first-order chi connectivity index (χ1) is 16.1. The van der Waals surface area contributed by atoms with Crippen LogP contribution in [0.5, 0.6) is 5.75 Å². The van der Waals surface area contributed by atoms with Gasteiger partial charge < -0.3 is 25.1 Å². The van der Waals surface area contributed by atoms with Crippen LogP contribution in [0.25, 0.3) is 0 Å². The Bertz CT molecular complexity index is 1000. The molecule has 2 amide bonds. The van der Waals surface area contributed by atoms with Gasteiger partial charge in [0.25, 0.3) is 5.91 Å². The van der Waals surface area contributed by atoms with E-state index < -0.39 is 0 Å². The topological polar surface area (TPSA) is 92.6 Å². The fourth-order valence-corrected chi connectivity index (χ4v) is 3.20. The zero-order chi connectivity index (χ0) is 23.3. The molecule has 0 aliphatic rings. The van der Waals surface area contributed by atoms with E-state index in [1.807, 2.05) is 24.3 Å². The van der Waals surface area contributed by atoms with Crippen molar-refractivity contribution in [2.24, 2.45) is 0 Å². The zero-order valence-electron chi connectivity index (χ0n) is 18.9. The molecule has 0 saturated carbocycles. The fraction of sp³-hybridized carbons (Fsp3) is 0.308. The molecule has 0 unspecified atom stereocenters. The van der Waals surface area contributed by atoms with Crippen molar-refractivity contribution in [1.29, 1.82) is 0 Å². The molecule has 7 heteroatoms. The van der Waals surface area contributed by atoms with Crippen LogP contribution in [0.3, 0.4) is 0 Å². The van der Waals surface area contributed by atoms with Crippen LogP contribution in [-0.2, 0) is 11.3 Å². The van der Waals surface area contributed by atoms with Crippen molar-refractivity contribution < 1.29 is 18.7 Å². The molecule has 3 N–H and O–H groups in total. The first-order valence-electron chi connectivity index (χ1n) is 11.3. The summed E-state index contributed by atoms with van der Waals surface area (Å²) in [5.74, 6) is 1.04. The van der Waals surface area contributed by atoms with E-state index in [1.165, 1.54) is 19.3 Å². The largest absolute Gasteiger partial charge is 0.494 e. The number of carbonyl (C=O) groups is 2. The number of nitrogens with one attached hydrogen (secondary N) is 3. The van der Waals surface area contributed by atoms with Crippen molar-refractivity contribution in [2.45, 2.75) is 39.2 Å². The van der Waals surface area contributed by atoms with E-state index in [0.29, 0.717) is 23.6 Å². The number of furan rings is 1. The monoisotopic (exact) mass is 449 g/mol. The lowest BCUT2D eigenvalue weighted by atomic mass is 10.2. The third-order valence-corrected chi connectivity index (χ3v) is 4.99. The Kier molecular flexibility index (Phi) is 9.39. The quantitative estimate of drug-likeness (QED) is 0.311. The number of carbonyl (C=O) groups excluding carboxylic acids is 2. The maximum Gasteiger partial charge on any atom is 0.251 e. The molecule has 3 aromatic rings. The molecule has 0 saturated heterocycles. The Labute approximate surface area is 194 Å². The lowest BCUT2D eigenvalue weighted by Gasteiger charge is -2.10. The molecule has 0 aliphatic carbocycles. The van der Waals surface area contributed by atoms with Crippen molar-refractivity contribution in [2.75, 3.05) is 23.8 Å². The number of unbranched alkanes of at least 4 members (excludes halogenated alkanes) is 3. The molecule has 33 heavy (non-hydrogen) atoms. The number of hydrogen-bond acceptors (Lipinski definition) is 5. The first-order valence-corrected chi connectivity index (χ1v) is 11.3. The number of ether oxygens (including phenoxy) is 1. The Morgan fingerprint density at radius 1 is 0.939 bits per heavy atom. The van der Waals surface area contributed by atoms with Crippen LogP contribution in [0.4, 0.5) is 11.4 Å². The van der Waals surface area contributed by atoms with Gasteiger partial charge in [-0.2, -0.15) is 0 Å². The van der Waals surface area contributed by atoms with Gasteiger partial charge in [-0.05, 0) is 61.0 Å². The Hall–Kier alpha value is -3.74. The van der Waals surface area contributed by atoms with E-state index in [1.54, 1.807) is 42.7 Å². The highest BCUT2D eigenvalue weighted by Gasteiger charge is 2.09. The minimum Gasteiger partial charge on any atom is -0.494 e. The summed E-state index contributed by atoms with van der Waals surface area (Å²) >= 11 is 0. The molecule has 1 aromatic heterocycles. The van der Waals surface area contributed by atoms with Gasteiger partial charge >= 0.3 is 0 Å². The highest BCUT2D eigenvalue weighted by Crippen LogP contribution is 2.16. The van der Waals surface area contributed by atoms with E-state index in [0.717, 1.165) is 24.5 Å². The summed E-state index contributed by atoms with van der Waals surface area (Å²) in [6, 6.07) is 17.9. The Morgan fingerprint density at radius 3 is 2.55 bits per heavy atom. The van der Waals surface area contributed by atoms with E-state index in [2.05, 4.69) is 22.9 Å². The maximum absolute atomic E-state index is 12.3. The summed E-state index contributed by atoms with van der Waals surface area (Å²) in [4.78, 5) is 24.7.